The molecule has 0 fully saturated rings. The highest BCUT2D eigenvalue weighted by molar-refractivity contribution is 5.90. The van der Waals surface area contributed by atoms with E-state index in [1.54, 1.807) is 6.92 Å². The Bertz CT molecular complexity index is 475. The summed E-state index contributed by atoms with van der Waals surface area (Å²) < 4.78 is 4.96. The molecule has 5 nitrogen and oxygen atoms in total. The van der Waals surface area contributed by atoms with Crippen LogP contribution in [0.15, 0.2) is 16.8 Å². The third-order valence-electron chi connectivity index (χ3n) is 1.74. The number of fused-ring (bicyclic) bond motifs is 1. The Morgan fingerprint density at radius 1 is 1.54 bits per heavy atom. The minimum Gasteiger partial charge on any atom is -0.475 e. The van der Waals surface area contributed by atoms with Crippen LogP contribution in [0.5, 0.6) is 0 Å². The topological polar surface area (TPSA) is 76.2 Å². The van der Waals surface area contributed by atoms with E-state index in [0.717, 1.165) is 0 Å². The Morgan fingerprint density at radius 3 is 2.92 bits per heavy atom. The van der Waals surface area contributed by atoms with Crippen molar-refractivity contribution < 1.29 is 14.3 Å². The van der Waals surface area contributed by atoms with Crippen LogP contribution in [0.4, 0.5) is 0 Å². The van der Waals surface area contributed by atoms with Crippen molar-refractivity contribution in [2.45, 2.75) is 6.92 Å². The van der Waals surface area contributed by atoms with Crippen LogP contribution in [0.2, 0.25) is 0 Å². The van der Waals surface area contributed by atoms with Gasteiger partial charge in [0.25, 0.3) is 0 Å². The number of carboxylic acids is 1. The van der Waals surface area contributed by atoms with Crippen molar-refractivity contribution in [3.63, 3.8) is 0 Å². The molecule has 0 spiro atoms. The van der Waals surface area contributed by atoms with Gasteiger partial charge in [-0.1, -0.05) is 0 Å². The number of aromatic carboxylic acids is 1. The summed E-state index contributed by atoms with van der Waals surface area (Å²) in [5.74, 6) is -1.21. The molecule has 0 atom stereocenters. The first kappa shape index (κ1) is 7.72. The second kappa shape index (κ2) is 2.55. The second-order valence-corrected chi connectivity index (χ2v) is 2.59. The lowest BCUT2D eigenvalue weighted by Gasteiger charge is -1.88. The van der Waals surface area contributed by atoms with E-state index in [9.17, 15) is 4.79 Å². The number of hydrogen-bond acceptors (Lipinski definition) is 4. The summed E-state index contributed by atoms with van der Waals surface area (Å²) in [4.78, 5) is 18.3. The minimum atomic E-state index is -1.10. The monoisotopic (exact) mass is 178 g/mol. The fourth-order valence-electron chi connectivity index (χ4n) is 1.08. The van der Waals surface area contributed by atoms with Crippen LogP contribution in [0.25, 0.3) is 11.1 Å². The number of nitrogens with zero attached hydrogens (tertiary/aromatic N) is 2. The fourth-order valence-corrected chi connectivity index (χ4v) is 1.08. The molecular weight excluding hydrogens is 172 g/mol. The van der Waals surface area contributed by atoms with E-state index in [1.165, 1.54) is 12.4 Å². The molecule has 0 unspecified atom stereocenters. The number of furan rings is 1. The maximum Gasteiger partial charge on any atom is 0.371 e. The van der Waals surface area contributed by atoms with Gasteiger partial charge in [-0.15, -0.1) is 0 Å². The average molecular weight is 178 g/mol. The molecule has 2 rings (SSSR count). The summed E-state index contributed by atoms with van der Waals surface area (Å²) in [6, 6.07) is 1.42. The van der Waals surface area contributed by atoms with Gasteiger partial charge in [-0.3, -0.25) is 0 Å². The van der Waals surface area contributed by atoms with Gasteiger partial charge >= 0.3 is 5.97 Å². The van der Waals surface area contributed by atoms with Crippen LogP contribution in [0.1, 0.15) is 16.2 Å². The average Bonchev–Trinajstić information content (AvgIpc) is 2.49. The van der Waals surface area contributed by atoms with Gasteiger partial charge in [-0.2, -0.15) is 0 Å². The van der Waals surface area contributed by atoms with Gasteiger partial charge < -0.3 is 9.52 Å². The van der Waals surface area contributed by atoms with Crippen LogP contribution in [-0.2, 0) is 0 Å². The zero-order valence-electron chi connectivity index (χ0n) is 6.81. The standard InChI is InChI=1S/C8H6N2O3/c1-4-5-2-6(8(11)12)13-7(5)10-3-9-4/h2-3H,1H3,(H,11,12). The highest BCUT2D eigenvalue weighted by Gasteiger charge is 2.12. The summed E-state index contributed by atoms with van der Waals surface area (Å²) >= 11 is 0. The Hall–Kier alpha value is -1.91. The lowest BCUT2D eigenvalue weighted by Crippen LogP contribution is -1.91. The van der Waals surface area contributed by atoms with E-state index in [0.29, 0.717) is 16.8 Å². The highest BCUT2D eigenvalue weighted by atomic mass is 16.4. The second-order valence-electron chi connectivity index (χ2n) is 2.59. The summed E-state index contributed by atoms with van der Waals surface area (Å²) in [7, 11) is 0. The molecule has 2 aromatic rings. The van der Waals surface area contributed by atoms with Crippen molar-refractivity contribution in [3.05, 3.63) is 23.8 Å². The predicted molar refractivity (Wildman–Crippen MR) is 43.5 cm³/mol. The molecule has 66 valence electrons. The van der Waals surface area contributed by atoms with E-state index in [2.05, 4.69) is 9.97 Å². The van der Waals surface area contributed by atoms with Crippen molar-refractivity contribution in [3.8, 4) is 0 Å². The normalized spacial score (nSPS) is 10.5. The van der Waals surface area contributed by atoms with Crippen LogP contribution >= 0.6 is 0 Å². The van der Waals surface area contributed by atoms with Gasteiger partial charge in [-0.25, -0.2) is 14.8 Å². The molecule has 0 aliphatic rings. The maximum absolute atomic E-state index is 10.5. The van der Waals surface area contributed by atoms with Crippen LogP contribution in [0, 0.1) is 6.92 Å². The largest absolute Gasteiger partial charge is 0.475 e. The van der Waals surface area contributed by atoms with Crippen molar-refractivity contribution in [2.75, 3.05) is 0 Å². The van der Waals surface area contributed by atoms with Crippen molar-refractivity contribution in [1.29, 1.82) is 0 Å². The number of rotatable bonds is 1. The van der Waals surface area contributed by atoms with Gasteiger partial charge in [0.15, 0.2) is 0 Å². The highest BCUT2D eigenvalue weighted by Crippen LogP contribution is 2.18. The number of aromatic nitrogens is 2. The molecule has 0 radical (unpaired) electrons. The molecule has 0 saturated carbocycles. The van der Waals surface area contributed by atoms with E-state index < -0.39 is 5.97 Å². The summed E-state index contributed by atoms with van der Waals surface area (Å²) in [5, 5.41) is 9.27. The van der Waals surface area contributed by atoms with Crippen LogP contribution in [-0.4, -0.2) is 21.0 Å². The summed E-state index contributed by atoms with van der Waals surface area (Å²) in [6.45, 7) is 1.77. The molecule has 1 N–H and O–H groups in total. The third-order valence-corrected chi connectivity index (χ3v) is 1.74. The Labute approximate surface area is 73.0 Å². The lowest BCUT2D eigenvalue weighted by atomic mass is 10.3. The smallest absolute Gasteiger partial charge is 0.371 e. The molecule has 0 aliphatic carbocycles. The zero-order valence-corrected chi connectivity index (χ0v) is 6.81. The Kier molecular flexibility index (Phi) is 1.51. The van der Waals surface area contributed by atoms with E-state index in [-0.39, 0.29) is 5.76 Å². The zero-order chi connectivity index (χ0) is 9.42. The SMILES string of the molecule is Cc1ncnc2oc(C(=O)O)cc12. The molecular formula is C8H6N2O3. The Balaban J connectivity index is 2.75. The van der Waals surface area contributed by atoms with E-state index in [1.807, 2.05) is 0 Å². The molecule has 2 heterocycles. The number of hydrogen-bond donors (Lipinski definition) is 1. The van der Waals surface area contributed by atoms with Gasteiger partial charge in [0.1, 0.15) is 6.33 Å². The number of carbonyl (C=O) groups is 1. The first-order valence-corrected chi connectivity index (χ1v) is 3.63. The quantitative estimate of drug-likeness (QED) is 0.710. The summed E-state index contributed by atoms with van der Waals surface area (Å²) in [5.41, 5.74) is 1.02. The number of aryl methyl sites for hydroxylation is 1. The van der Waals surface area contributed by atoms with Gasteiger partial charge in [0.05, 0.1) is 11.1 Å². The van der Waals surface area contributed by atoms with Crippen LogP contribution in [0.3, 0.4) is 0 Å². The third kappa shape index (κ3) is 1.14. The lowest BCUT2D eigenvalue weighted by molar-refractivity contribution is 0.0664. The van der Waals surface area contributed by atoms with Crippen molar-refractivity contribution in [1.82, 2.24) is 9.97 Å². The first-order valence-electron chi connectivity index (χ1n) is 3.63. The summed E-state index contributed by atoms with van der Waals surface area (Å²) in [6.07, 6.45) is 1.34. The Morgan fingerprint density at radius 2 is 2.31 bits per heavy atom. The minimum absolute atomic E-state index is 0.112. The number of carboxylic acid groups (broad SMARTS) is 1. The molecule has 0 aromatic carbocycles. The van der Waals surface area contributed by atoms with Crippen LogP contribution < -0.4 is 0 Å². The molecule has 0 saturated heterocycles. The van der Waals surface area contributed by atoms with Gasteiger partial charge in [0, 0.05) is 6.07 Å². The van der Waals surface area contributed by atoms with Gasteiger partial charge in [0.2, 0.25) is 11.5 Å². The predicted octanol–water partition coefficient (Wildman–Crippen LogP) is 1.23. The first-order chi connectivity index (χ1) is 6.18. The van der Waals surface area contributed by atoms with Gasteiger partial charge in [-0.05, 0) is 6.92 Å². The molecule has 0 aliphatic heterocycles. The van der Waals surface area contributed by atoms with E-state index >= 15 is 0 Å². The molecule has 2 aromatic heterocycles. The van der Waals surface area contributed by atoms with E-state index in [4.69, 9.17) is 9.52 Å². The maximum atomic E-state index is 10.5. The molecule has 5 heteroatoms. The molecule has 0 amide bonds. The van der Waals surface area contributed by atoms with Crippen molar-refractivity contribution in [2.24, 2.45) is 0 Å². The molecule has 13 heavy (non-hydrogen) atoms. The fraction of sp³-hybridized carbons (Fsp3) is 0.125. The van der Waals surface area contributed by atoms with Crippen molar-refractivity contribution >= 4 is 17.1 Å². The molecule has 0 bridgehead atoms.